The van der Waals surface area contributed by atoms with Crippen LogP contribution in [0.4, 0.5) is 5.13 Å². The van der Waals surface area contributed by atoms with E-state index in [2.05, 4.69) is 10.3 Å². The van der Waals surface area contributed by atoms with Crippen LogP contribution < -0.4 is 11.1 Å². The number of piperidine rings is 1. The Bertz CT molecular complexity index is 610. The number of nitrogens with two attached hydrogens (primary N) is 1. The van der Waals surface area contributed by atoms with Crippen molar-refractivity contribution in [2.75, 3.05) is 25.0 Å². The van der Waals surface area contributed by atoms with Gasteiger partial charge in [0.15, 0.2) is 11.1 Å². The van der Waals surface area contributed by atoms with Crippen LogP contribution in [0.1, 0.15) is 28.2 Å². The number of anilines is 1. The Morgan fingerprint density at radius 2 is 2.17 bits per heavy atom. The van der Waals surface area contributed by atoms with Gasteiger partial charge in [-0.25, -0.2) is 9.78 Å². The van der Waals surface area contributed by atoms with Crippen molar-refractivity contribution < 1.29 is 19.4 Å². The Labute approximate surface area is 137 Å². The van der Waals surface area contributed by atoms with Gasteiger partial charge < -0.3 is 25.8 Å². The number of aromatic nitrogens is 1. The van der Waals surface area contributed by atoms with E-state index in [1.807, 2.05) is 0 Å². The van der Waals surface area contributed by atoms with Gasteiger partial charge in [-0.1, -0.05) is 11.3 Å². The Kier molecular flexibility index (Phi) is 5.50. The fourth-order valence-electron chi connectivity index (χ4n) is 2.32. The molecule has 1 aliphatic heterocycles. The molecule has 0 aliphatic carbocycles. The highest BCUT2D eigenvalue weighted by atomic mass is 32.1. The van der Waals surface area contributed by atoms with E-state index < -0.39 is 5.97 Å². The van der Waals surface area contributed by atoms with E-state index in [0.29, 0.717) is 41.6 Å². The van der Waals surface area contributed by atoms with Gasteiger partial charge in [-0.2, -0.15) is 0 Å². The number of carbonyl (C=O) groups is 2. The Balaban J connectivity index is 1.93. The summed E-state index contributed by atoms with van der Waals surface area (Å²) in [5, 5.41) is 18.8. The first-order valence-electron chi connectivity index (χ1n) is 7.08. The number of carboxylic acids is 1. The standard InChI is InChI=1S/C13H19N5O4S/c1-7-10(23-13(16-7)17-12(14)15)11(21)18-4-2-8(3-5-18)22-6-9(19)20/h8H,2-6H2,1H3,(H,19,20)(H4,14,15,16,17). The fourth-order valence-corrected chi connectivity index (χ4v) is 3.27. The number of guanidine groups is 1. The second kappa shape index (κ2) is 7.38. The molecular formula is C13H19N5O4S. The molecule has 10 heteroatoms. The quantitative estimate of drug-likeness (QED) is 0.450. The van der Waals surface area contributed by atoms with Crippen LogP contribution >= 0.6 is 11.3 Å². The summed E-state index contributed by atoms with van der Waals surface area (Å²) in [6, 6.07) is 0. The first-order valence-corrected chi connectivity index (χ1v) is 7.89. The van der Waals surface area contributed by atoms with Crippen molar-refractivity contribution in [1.29, 1.82) is 5.41 Å². The largest absolute Gasteiger partial charge is 0.480 e. The van der Waals surface area contributed by atoms with E-state index in [0.717, 1.165) is 11.3 Å². The molecule has 23 heavy (non-hydrogen) atoms. The molecule has 0 saturated carbocycles. The van der Waals surface area contributed by atoms with E-state index in [1.54, 1.807) is 11.8 Å². The molecule has 1 aromatic rings. The van der Waals surface area contributed by atoms with Gasteiger partial charge in [-0.3, -0.25) is 10.2 Å². The van der Waals surface area contributed by atoms with Gasteiger partial charge in [0.2, 0.25) is 0 Å². The minimum atomic E-state index is -0.991. The fraction of sp³-hybridized carbons (Fsp3) is 0.538. The molecule has 1 aliphatic rings. The number of rotatable bonds is 5. The smallest absolute Gasteiger partial charge is 0.329 e. The summed E-state index contributed by atoms with van der Waals surface area (Å²) in [6.07, 6.45) is 1.08. The maximum atomic E-state index is 12.5. The SMILES string of the molecule is Cc1nc(NC(=N)N)sc1C(=O)N1CCC(OCC(=O)O)CC1. The first-order chi connectivity index (χ1) is 10.9. The van der Waals surface area contributed by atoms with Crippen molar-refractivity contribution in [3.8, 4) is 0 Å². The number of hydrogen-bond acceptors (Lipinski definition) is 6. The molecular weight excluding hydrogens is 322 g/mol. The molecule has 0 atom stereocenters. The van der Waals surface area contributed by atoms with E-state index in [9.17, 15) is 9.59 Å². The van der Waals surface area contributed by atoms with E-state index in [-0.39, 0.29) is 24.6 Å². The number of aliphatic carboxylic acids is 1. The van der Waals surface area contributed by atoms with E-state index >= 15 is 0 Å². The molecule has 0 unspecified atom stereocenters. The molecule has 1 aromatic heterocycles. The monoisotopic (exact) mass is 341 g/mol. The molecule has 5 N–H and O–H groups in total. The predicted octanol–water partition coefficient (Wildman–Crippen LogP) is 0.463. The molecule has 0 radical (unpaired) electrons. The zero-order valence-electron chi connectivity index (χ0n) is 12.7. The number of carboxylic acid groups (broad SMARTS) is 1. The highest BCUT2D eigenvalue weighted by Gasteiger charge is 2.27. The van der Waals surface area contributed by atoms with Crippen LogP contribution in [0, 0.1) is 12.3 Å². The zero-order chi connectivity index (χ0) is 17.0. The Morgan fingerprint density at radius 3 is 2.74 bits per heavy atom. The van der Waals surface area contributed by atoms with Gasteiger partial charge >= 0.3 is 5.97 Å². The van der Waals surface area contributed by atoms with Crippen LogP contribution in [-0.2, 0) is 9.53 Å². The summed E-state index contributed by atoms with van der Waals surface area (Å²) in [5.41, 5.74) is 5.85. The third-order valence-corrected chi connectivity index (χ3v) is 4.47. The summed E-state index contributed by atoms with van der Waals surface area (Å²) in [6.45, 7) is 2.44. The number of thiazole rings is 1. The normalized spacial score (nSPS) is 15.4. The lowest BCUT2D eigenvalue weighted by Crippen LogP contribution is -2.41. The molecule has 2 heterocycles. The molecule has 1 amide bonds. The molecule has 0 bridgehead atoms. The maximum absolute atomic E-state index is 12.5. The average Bonchev–Trinajstić information content (AvgIpc) is 2.84. The van der Waals surface area contributed by atoms with E-state index in [1.165, 1.54) is 0 Å². The minimum Gasteiger partial charge on any atom is -0.480 e. The molecule has 2 rings (SSSR count). The lowest BCUT2D eigenvalue weighted by molar-refractivity contribution is -0.145. The molecule has 126 valence electrons. The zero-order valence-corrected chi connectivity index (χ0v) is 13.5. The van der Waals surface area contributed by atoms with Gasteiger partial charge in [-0.05, 0) is 19.8 Å². The Hall–Kier alpha value is -2.20. The molecule has 1 saturated heterocycles. The van der Waals surface area contributed by atoms with Crippen LogP contribution in [0.5, 0.6) is 0 Å². The number of aryl methyl sites for hydroxylation is 1. The second-order valence-corrected chi connectivity index (χ2v) is 6.17. The number of ether oxygens (including phenoxy) is 1. The van der Waals surface area contributed by atoms with Crippen molar-refractivity contribution in [1.82, 2.24) is 9.88 Å². The van der Waals surface area contributed by atoms with Crippen LogP contribution in [0.3, 0.4) is 0 Å². The first kappa shape index (κ1) is 17.2. The average molecular weight is 341 g/mol. The summed E-state index contributed by atoms with van der Waals surface area (Å²) < 4.78 is 5.26. The van der Waals surface area contributed by atoms with Crippen LogP contribution in [-0.4, -0.2) is 58.6 Å². The summed E-state index contributed by atoms with van der Waals surface area (Å²) >= 11 is 1.16. The van der Waals surface area contributed by atoms with Crippen molar-refractivity contribution in [3.63, 3.8) is 0 Å². The van der Waals surface area contributed by atoms with Gasteiger partial charge in [0, 0.05) is 13.1 Å². The van der Waals surface area contributed by atoms with Crippen molar-refractivity contribution in [3.05, 3.63) is 10.6 Å². The minimum absolute atomic E-state index is 0.117. The number of likely N-dealkylation sites (tertiary alicyclic amines) is 1. The van der Waals surface area contributed by atoms with Crippen LogP contribution in [0.15, 0.2) is 0 Å². The van der Waals surface area contributed by atoms with Crippen molar-refractivity contribution in [2.45, 2.75) is 25.9 Å². The molecule has 9 nitrogen and oxygen atoms in total. The highest BCUT2D eigenvalue weighted by Crippen LogP contribution is 2.25. The predicted molar refractivity (Wildman–Crippen MR) is 84.9 cm³/mol. The lowest BCUT2D eigenvalue weighted by atomic mass is 10.1. The van der Waals surface area contributed by atoms with Gasteiger partial charge in [0.25, 0.3) is 5.91 Å². The Morgan fingerprint density at radius 1 is 1.52 bits per heavy atom. The number of hydrogen-bond donors (Lipinski definition) is 4. The van der Waals surface area contributed by atoms with Crippen LogP contribution in [0.25, 0.3) is 0 Å². The molecule has 1 fully saturated rings. The van der Waals surface area contributed by atoms with Crippen molar-refractivity contribution >= 4 is 34.3 Å². The lowest BCUT2D eigenvalue weighted by Gasteiger charge is -2.31. The summed E-state index contributed by atoms with van der Waals surface area (Å²) in [7, 11) is 0. The van der Waals surface area contributed by atoms with E-state index in [4.69, 9.17) is 21.0 Å². The summed E-state index contributed by atoms with van der Waals surface area (Å²) in [5.74, 6) is -1.34. The number of nitrogens with zero attached hydrogens (tertiary/aromatic N) is 2. The van der Waals surface area contributed by atoms with Gasteiger partial charge in [0.1, 0.15) is 11.5 Å². The van der Waals surface area contributed by atoms with Crippen molar-refractivity contribution in [2.24, 2.45) is 5.73 Å². The molecule has 0 spiro atoms. The third kappa shape index (κ3) is 4.63. The van der Waals surface area contributed by atoms with Gasteiger partial charge in [-0.15, -0.1) is 0 Å². The third-order valence-electron chi connectivity index (χ3n) is 3.40. The van der Waals surface area contributed by atoms with Crippen LogP contribution in [0.2, 0.25) is 0 Å². The number of carbonyl (C=O) groups excluding carboxylic acids is 1. The highest BCUT2D eigenvalue weighted by molar-refractivity contribution is 7.17. The maximum Gasteiger partial charge on any atom is 0.329 e. The number of amides is 1. The molecule has 0 aromatic carbocycles. The van der Waals surface area contributed by atoms with Gasteiger partial charge in [0.05, 0.1) is 11.8 Å². The number of nitrogens with one attached hydrogen (secondary N) is 2. The second-order valence-electron chi connectivity index (χ2n) is 5.17. The summed E-state index contributed by atoms with van der Waals surface area (Å²) in [4.78, 5) is 29.4. The topological polar surface area (TPSA) is 142 Å².